The van der Waals surface area contributed by atoms with Crippen LogP contribution in [0, 0.1) is 0 Å². The Labute approximate surface area is 110 Å². The fourth-order valence-corrected chi connectivity index (χ4v) is 4.43. The Kier molecular flexibility index (Phi) is 4.01. The van der Waals surface area contributed by atoms with Crippen LogP contribution in [0.5, 0.6) is 0 Å². The summed E-state index contributed by atoms with van der Waals surface area (Å²) in [5.74, 6) is 0. The van der Waals surface area contributed by atoms with Gasteiger partial charge in [-0.2, -0.15) is 0 Å². The molecule has 0 atom stereocenters. The summed E-state index contributed by atoms with van der Waals surface area (Å²) < 4.78 is 2.40. The Bertz CT molecular complexity index is 496. The van der Waals surface area contributed by atoms with Gasteiger partial charge in [-0.1, -0.05) is 0 Å². The molecule has 0 aliphatic carbocycles. The summed E-state index contributed by atoms with van der Waals surface area (Å²) in [5, 5.41) is -0.364. The van der Waals surface area contributed by atoms with E-state index in [0.29, 0.717) is 5.56 Å². The summed E-state index contributed by atoms with van der Waals surface area (Å²) in [4.78, 5) is 11.2. The van der Waals surface area contributed by atoms with Crippen molar-refractivity contribution in [2.45, 2.75) is 0 Å². The molecule has 2 aromatic carbocycles. The fraction of sp³-hybridized carbons (Fsp3) is 0. The zero-order valence-corrected chi connectivity index (χ0v) is 11.5. The van der Waals surface area contributed by atoms with Gasteiger partial charge in [0.2, 0.25) is 0 Å². The van der Waals surface area contributed by atoms with Crippen LogP contribution in [0.2, 0.25) is 0 Å². The molecule has 2 aromatic rings. The van der Waals surface area contributed by atoms with E-state index >= 15 is 0 Å². The predicted molar refractivity (Wildman–Crippen MR) is 68.1 cm³/mol. The fourth-order valence-electron chi connectivity index (χ4n) is 1.33. The predicted octanol–water partition coefficient (Wildman–Crippen LogP) is 1.72. The Morgan fingerprint density at radius 3 is 2.25 bits per heavy atom. The van der Waals surface area contributed by atoms with Crippen LogP contribution >= 0.6 is 11.6 Å². The first-order chi connectivity index (χ1) is 7.77. The topological polar surface area (TPSA) is 17.1 Å². The van der Waals surface area contributed by atoms with Gasteiger partial charge in [-0.15, -0.1) is 0 Å². The number of benzene rings is 2. The van der Waals surface area contributed by atoms with Crippen LogP contribution in [0.1, 0.15) is 10.4 Å². The van der Waals surface area contributed by atoms with Crippen LogP contribution in [0.15, 0.2) is 54.6 Å². The van der Waals surface area contributed by atoms with E-state index in [4.69, 9.17) is 11.6 Å². The second-order valence-electron chi connectivity index (χ2n) is 3.18. The molecule has 1 nitrogen and oxygen atoms in total. The molecule has 0 heterocycles. The van der Waals surface area contributed by atoms with Crippen molar-refractivity contribution >= 4 is 45.0 Å². The number of carbonyl (C=O) groups excluding carboxylic acids is 1. The number of halogens is 1. The molecule has 80 valence electrons. The van der Waals surface area contributed by atoms with E-state index in [1.165, 1.54) is 3.61 Å². The van der Waals surface area contributed by atoms with Crippen LogP contribution in [0.3, 0.4) is 0 Å². The summed E-state index contributed by atoms with van der Waals surface area (Å²) >= 11 is 5.03. The first-order valence-corrected chi connectivity index (χ1v) is 7.50. The third-order valence-electron chi connectivity index (χ3n) is 2.07. The normalized spacial score (nSPS) is 10.1. The standard InChI is InChI=1S/C13H9ClOTe/c14-13(15)11-8-4-5-9-12(11)16-10-6-2-1-3-7-10/h1-9H. The van der Waals surface area contributed by atoms with Crippen molar-refractivity contribution in [3.05, 3.63) is 60.2 Å². The van der Waals surface area contributed by atoms with E-state index < -0.39 is 20.9 Å². The van der Waals surface area contributed by atoms with Gasteiger partial charge < -0.3 is 0 Å². The SMILES string of the molecule is O=C(Cl)c1ccccc1[Te]c1ccccc1. The second kappa shape index (κ2) is 5.50. The average Bonchev–Trinajstić information content (AvgIpc) is 2.31. The van der Waals surface area contributed by atoms with Gasteiger partial charge in [0.25, 0.3) is 0 Å². The van der Waals surface area contributed by atoms with Gasteiger partial charge in [0.05, 0.1) is 0 Å². The third-order valence-corrected chi connectivity index (χ3v) is 5.37. The number of rotatable bonds is 3. The Morgan fingerprint density at radius 1 is 0.938 bits per heavy atom. The maximum atomic E-state index is 11.2. The van der Waals surface area contributed by atoms with Gasteiger partial charge in [-0.25, -0.2) is 0 Å². The van der Waals surface area contributed by atoms with Crippen molar-refractivity contribution in [2.75, 3.05) is 0 Å². The molecule has 0 radical (unpaired) electrons. The van der Waals surface area contributed by atoms with Gasteiger partial charge in [0.15, 0.2) is 0 Å². The monoisotopic (exact) mass is 346 g/mol. The molecule has 0 unspecified atom stereocenters. The quantitative estimate of drug-likeness (QED) is 0.612. The molecule has 16 heavy (non-hydrogen) atoms. The zero-order valence-electron chi connectivity index (χ0n) is 8.39. The molecule has 0 aliphatic heterocycles. The minimum absolute atomic E-state index is 0.364. The van der Waals surface area contributed by atoms with Crippen molar-refractivity contribution in [2.24, 2.45) is 0 Å². The molecular weight excluding hydrogens is 335 g/mol. The van der Waals surface area contributed by atoms with E-state index in [1.54, 1.807) is 6.07 Å². The van der Waals surface area contributed by atoms with Crippen molar-refractivity contribution in [1.82, 2.24) is 0 Å². The molecule has 0 amide bonds. The molecule has 0 spiro atoms. The van der Waals surface area contributed by atoms with E-state index in [1.807, 2.05) is 36.4 Å². The molecule has 0 fully saturated rings. The number of hydrogen-bond donors (Lipinski definition) is 0. The molecular formula is C13H9ClOTe. The van der Waals surface area contributed by atoms with E-state index in [-0.39, 0.29) is 5.24 Å². The van der Waals surface area contributed by atoms with Crippen molar-refractivity contribution < 1.29 is 4.79 Å². The van der Waals surface area contributed by atoms with Crippen LogP contribution in [-0.4, -0.2) is 26.2 Å². The molecule has 0 aliphatic rings. The molecule has 0 aromatic heterocycles. The van der Waals surface area contributed by atoms with Crippen LogP contribution in [0.25, 0.3) is 0 Å². The maximum absolute atomic E-state index is 11.2. The van der Waals surface area contributed by atoms with Gasteiger partial charge in [-0.3, -0.25) is 0 Å². The van der Waals surface area contributed by atoms with Crippen molar-refractivity contribution in [1.29, 1.82) is 0 Å². The van der Waals surface area contributed by atoms with Gasteiger partial charge in [0.1, 0.15) is 0 Å². The summed E-state index contributed by atoms with van der Waals surface area (Å²) in [7, 11) is 0. The Morgan fingerprint density at radius 2 is 1.56 bits per heavy atom. The number of hydrogen-bond acceptors (Lipinski definition) is 1. The van der Waals surface area contributed by atoms with Crippen molar-refractivity contribution in [3.8, 4) is 0 Å². The summed E-state index contributed by atoms with van der Waals surface area (Å²) in [6.45, 7) is 0. The van der Waals surface area contributed by atoms with Gasteiger partial charge >= 0.3 is 110 Å². The molecule has 0 bridgehead atoms. The average molecular weight is 344 g/mol. The van der Waals surface area contributed by atoms with E-state index in [0.717, 1.165) is 3.61 Å². The van der Waals surface area contributed by atoms with Crippen LogP contribution in [-0.2, 0) is 0 Å². The van der Waals surface area contributed by atoms with Crippen LogP contribution in [0.4, 0.5) is 0 Å². The Hall–Kier alpha value is -0.810. The minimum atomic E-state index is -0.525. The van der Waals surface area contributed by atoms with Crippen LogP contribution < -0.4 is 7.22 Å². The van der Waals surface area contributed by atoms with E-state index in [9.17, 15) is 4.79 Å². The summed E-state index contributed by atoms with van der Waals surface area (Å²) in [6, 6.07) is 17.8. The first kappa shape index (κ1) is 11.7. The molecule has 0 N–H and O–H groups in total. The van der Waals surface area contributed by atoms with Gasteiger partial charge in [-0.05, 0) is 0 Å². The van der Waals surface area contributed by atoms with E-state index in [2.05, 4.69) is 12.1 Å². The number of carbonyl (C=O) groups is 1. The summed E-state index contributed by atoms with van der Waals surface area (Å²) in [6.07, 6.45) is 0. The Balaban J connectivity index is 2.31. The molecule has 0 saturated heterocycles. The first-order valence-electron chi connectivity index (χ1n) is 4.79. The second-order valence-corrected chi connectivity index (χ2v) is 6.71. The van der Waals surface area contributed by atoms with Gasteiger partial charge in [0, 0.05) is 0 Å². The molecule has 0 saturated carbocycles. The molecule has 2 rings (SSSR count). The summed E-state index contributed by atoms with van der Waals surface area (Å²) in [5.41, 5.74) is 0.649. The molecule has 3 heteroatoms. The van der Waals surface area contributed by atoms with Crippen molar-refractivity contribution in [3.63, 3.8) is 0 Å². The third kappa shape index (κ3) is 2.86. The zero-order chi connectivity index (χ0) is 11.4.